The van der Waals surface area contributed by atoms with Gasteiger partial charge in [-0.3, -0.25) is 4.79 Å². The zero-order valence-corrected chi connectivity index (χ0v) is 19.7. The molecule has 0 aliphatic carbocycles. The van der Waals surface area contributed by atoms with E-state index in [4.69, 9.17) is 4.74 Å². The van der Waals surface area contributed by atoms with Gasteiger partial charge < -0.3 is 15.0 Å². The molecule has 8 nitrogen and oxygen atoms in total. The van der Waals surface area contributed by atoms with Gasteiger partial charge in [0.05, 0.1) is 23.1 Å². The van der Waals surface area contributed by atoms with Crippen LogP contribution in [0.1, 0.15) is 45.5 Å². The minimum Gasteiger partial charge on any atom is -0.465 e. The molecule has 2 aromatic carbocycles. The molecule has 0 atom stereocenters. The first-order chi connectivity index (χ1) is 15.1. The van der Waals surface area contributed by atoms with Crippen molar-refractivity contribution in [3.05, 3.63) is 53.1 Å². The van der Waals surface area contributed by atoms with E-state index in [1.54, 1.807) is 30.3 Å². The zero-order chi connectivity index (χ0) is 23.5. The SMILES string of the molecule is COC(=O)c1ccc(C)c(NC(=O)c2cc(S(=O)(=O)N(C)C)ccc2N2CCCCC2)c1. The minimum atomic E-state index is -3.71. The molecule has 0 radical (unpaired) electrons. The zero-order valence-electron chi connectivity index (χ0n) is 18.8. The average Bonchev–Trinajstić information content (AvgIpc) is 2.79. The Bertz CT molecular complexity index is 1120. The summed E-state index contributed by atoms with van der Waals surface area (Å²) in [6.45, 7) is 3.42. The molecule has 0 saturated carbocycles. The number of hydrogen-bond donors (Lipinski definition) is 1. The number of carbonyl (C=O) groups is 2. The highest BCUT2D eigenvalue weighted by Crippen LogP contribution is 2.29. The van der Waals surface area contributed by atoms with E-state index in [2.05, 4.69) is 10.2 Å². The smallest absolute Gasteiger partial charge is 0.337 e. The second kappa shape index (κ2) is 9.70. The fraction of sp³-hybridized carbons (Fsp3) is 0.391. The van der Waals surface area contributed by atoms with Crippen LogP contribution in [0.2, 0.25) is 0 Å². The molecule has 1 fully saturated rings. The number of aryl methyl sites for hydroxylation is 1. The molecule has 32 heavy (non-hydrogen) atoms. The molecule has 0 unspecified atom stereocenters. The van der Waals surface area contributed by atoms with Crippen LogP contribution >= 0.6 is 0 Å². The Kier molecular flexibility index (Phi) is 7.20. The van der Waals surface area contributed by atoms with E-state index >= 15 is 0 Å². The summed E-state index contributed by atoms with van der Waals surface area (Å²) in [5.74, 6) is -0.944. The highest BCUT2D eigenvalue weighted by Gasteiger charge is 2.24. The first kappa shape index (κ1) is 23.7. The van der Waals surface area contributed by atoms with Crippen molar-refractivity contribution in [2.45, 2.75) is 31.1 Å². The number of rotatable bonds is 6. The molecule has 1 aliphatic heterocycles. The quantitative estimate of drug-likeness (QED) is 0.666. The number of methoxy groups -OCH3 is 1. The van der Waals surface area contributed by atoms with E-state index in [0.717, 1.165) is 42.2 Å². The molecule has 0 bridgehead atoms. The molecule has 1 N–H and O–H groups in total. The molecule has 1 aliphatic rings. The van der Waals surface area contributed by atoms with Crippen LogP contribution in [-0.4, -0.2) is 58.9 Å². The maximum atomic E-state index is 13.4. The van der Waals surface area contributed by atoms with Gasteiger partial charge in [-0.15, -0.1) is 0 Å². The lowest BCUT2D eigenvalue weighted by atomic mass is 10.1. The Morgan fingerprint density at radius 2 is 1.72 bits per heavy atom. The minimum absolute atomic E-state index is 0.0495. The second-order valence-electron chi connectivity index (χ2n) is 7.99. The third-order valence-electron chi connectivity index (χ3n) is 5.59. The Hall–Kier alpha value is -2.91. The van der Waals surface area contributed by atoms with Crippen LogP contribution in [0.4, 0.5) is 11.4 Å². The lowest BCUT2D eigenvalue weighted by molar-refractivity contribution is 0.0600. The lowest BCUT2D eigenvalue weighted by Crippen LogP contribution is -2.32. The Morgan fingerprint density at radius 1 is 1.03 bits per heavy atom. The summed E-state index contributed by atoms with van der Waals surface area (Å²) >= 11 is 0. The summed E-state index contributed by atoms with van der Waals surface area (Å²) in [6.07, 6.45) is 3.16. The van der Waals surface area contributed by atoms with Crippen LogP contribution in [0.3, 0.4) is 0 Å². The highest BCUT2D eigenvalue weighted by molar-refractivity contribution is 7.89. The number of nitrogens with zero attached hydrogens (tertiary/aromatic N) is 2. The van der Waals surface area contributed by atoms with Crippen LogP contribution in [0.15, 0.2) is 41.3 Å². The van der Waals surface area contributed by atoms with E-state index in [1.165, 1.54) is 27.3 Å². The molecule has 0 aromatic heterocycles. The number of nitrogens with one attached hydrogen (secondary N) is 1. The molecular weight excluding hydrogens is 430 g/mol. The maximum Gasteiger partial charge on any atom is 0.337 e. The van der Waals surface area contributed by atoms with E-state index in [9.17, 15) is 18.0 Å². The van der Waals surface area contributed by atoms with Gasteiger partial charge in [-0.25, -0.2) is 17.5 Å². The summed E-state index contributed by atoms with van der Waals surface area (Å²) in [7, 11) is 0.492. The molecule has 0 spiro atoms. The number of sulfonamides is 1. The summed E-state index contributed by atoms with van der Waals surface area (Å²) in [5, 5.41) is 2.85. The van der Waals surface area contributed by atoms with Crippen LogP contribution in [0, 0.1) is 6.92 Å². The van der Waals surface area contributed by atoms with Gasteiger partial charge in [0.15, 0.2) is 0 Å². The number of amides is 1. The van der Waals surface area contributed by atoms with Crippen LogP contribution in [0.5, 0.6) is 0 Å². The third-order valence-corrected chi connectivity index (χ3v) is 7.41. The molecule has 2 aromatic rings. The summed E-state index contributed by atoms with van der Waals surface area (Å²) in [4.78, 5) is 27.4. The number of ether oxygens (including phenoxy) is 1. The number of anilines is 2. The lowest BCUT2D eigenvalue weighted by Gasteiger charge is -2.30. The second-order valence-corrected chi connectivity index (χ2v) is 10.1. The molecule has 1 heterocycles. The van der Waals surface area contributed by atoms with Gasteiger partial charge >= 0.3 is 5.97 Å². The average molecular weight is 460 g/mol. The highest BCUT2D eigenvalue weighted by atomic mass is 32.2. The van der Waals surface area contributed by atoms with Crippen LogP contribution < -0.4 is 10.2 Å². The molecule has 1 amide bonds. The van der Waals surface area contributed by atoms with Gasteiger partial charge in [-0.1, -0.05) is 6.07 Å². The normalized spacial score (nSPS) is 14.3. The van der Waals surface area contributed by atoms with E-state index in [0.29, 0.717) is 16.9 Å². The van der Waals surface area contributed by atoms with Crippen LogP contribution in [0.25, 0.3) is 0 Å². The topological polar surface area (TPSA) is 96.0 Å². The van der Waals surface area contributed by atoms with Gasteiger partial charge in [0.25, 0.3) is 5.91 Å². The number of piperidine rings is 1. The largest absolute Gasteiger partial charge is 0.465 e. The molecule has 9 heteroatoms. The first-order valence-electron chi connectivity index (χ1n) is 10.5. The van der Waals surface area contributed by atoms with Crippen molar-refractivity contribution < 1.29 is 22.7 Å². The summed E-state index contributed by atoms with van der Waals surface area (Å²) in [5.41, 5.74) is 2.51. The van der Waals surface area contributed by atoms with Gasteiger partial charge in [-0.05, 0) is 62.1 Å². The third kappa shape index (κ3) is 4.94. The molecular formula is C23H29N3O5S. The maximum absolute atomic E-state index is 13.4. The van der Waals surface area contributed by atoms with Crippen molar-refractivity contribution in [2.75, 3.05) is 44.5 Å². The van der Waals surface area contributed by atoms with Gasteiger partial charge in [0.2, 0.25) is 10.0 Å². The number of esters is 1. The Morgan fingerprint density at radius 3 is 2.34 bits per heavy atom. The van der Waals surface area contributed by atoms with Crippen LogP contribution in [-0.2, 0) is 14.8 Å². The van der Waals surface area contributed by atoms with Gasteiger partial charge in [-0.2, -0.15) is 0 Å². The summed E-state index contributed by atoms with van der Waals surface area (Å²) in [6, 6.07) is 9.57. The number of carbonyl (C=O) groups excluding carboxylic acids is 2. The number of hydrogen-bond acceptors (Lipinski definition) is 6. The summed E-state index contributed by atoms with van der Waals surface area (Å²) < 4.78 is 31.3. The standard InChI is InChI=1S/C23H29N3O5S/c1-16-8-9-17(23(28)31-4)14-20(16)24-22(27)19-15-18(32(29,30)25(2)3)10-11-21(19)26-12-6-5-7-13-26/h8-11,14-15H,5-7,12-13H2,1-4H3,(H,24,27). The van der Waals surface area contributed by atoms with E-state index in [-0.39, 0.29) is 10.5 Å². The fourth-order valence-electron chi connectivity index (χ4n) is 3.67. The van der Waals surface area contributed by atoms with Gasteiger partial charge in [0.1, 0.15) is 0 Å². The van der Waals surface area contributed by atoms with Crippen molar-refractivity contribution in [2.24, 2.45) is 0 Å². The Balaban J connectivity index is 2.04. The molecule has 172 valence electrons. The van der Waals surface area contributed by atoms with Crippen molar-refractivity contribution in [3.63, 3.8) is 0 Å². The predicted molar refractivity (Wildman–Crippen MR) is 124 cm³/mol. The fourth-order valence-corrected chi connectivity index (χ4v) is 4.60. The molecule has 3 rings (SSSR count). The van der Waals surface area contributed by atoms with E-state index < -0.39 is 21.9 Å². The van der Waals surface area contributed by atoms with Crippen molar-refractivity contribution in [1.29, 1.82) is 0 Å². The monoisotopic (exact) mass is 459 g/mol. The number of benzene rings is 2. The first-order valence-corrected chi connectivity index (χ1v) is 11.9. The van der Waals surface area contributed by atoms with Crippen molar-refractivity contribution in [1.82, 2.24) is 4.31 Å². The Labute approximate surface area is 189 Å². The van der Waals surface area contributed by atoms with Crippen molar-refractivity contribution in [3.8, 4) is 0 Å². The van der Waals surface area contributed by atoms with Gasteiger partial charge in [0, 0.05) is 38.6 Å². The predicted octanol–water partition coefficient (Wildman–Crippen LogP) is 3.27. The molecule has 1 saturated heterocycles. The van der Waals surface area contributed by atoms with E-state index in [1.807, 2.05) is 6.92 Å². The van der Waals surface area contributed by atoms with Crippen molar-refractivity contribution >= 4 is 33.3 Å².